The molecule has 6 heteroatoms. The largest absolute Gasteiger partial charge is 0.401 e. The standard InChI is InChI=1S/C12H20F3N3/c1-5-11-9(3)17-18(10(11)4)8(2)6-16-7-12(13,14)15/h8,16H,5-7H2,1-4H3. The third-order valence-electron chi connectivity index (χ3n) is 3.01. The van der Waals surface area contributed by atoms with Crippen LogP contribution in [0.3, 0.4) is 0 Å². The monoisotopic (exact) mass is 263 g/mol. The third kappa shape index (κ3) is 3.73. The Bertz CT molecular complexity index is 396. The van der Waals surface area contributed by atoms with Gasteiger partial charge in [-0.1, -0.05) is 6.92 Å². The molecule has 3 nitrogen and oxygen atoms in total. The van der Waals surface area contributed by atoms with Crippen molar-refractivity contribution in [2.75, 3.05) is 13.1 Å². The highest BCUT2D eigenvalue weighted by atomic mass is 19.4. The predicted molar refractivity (Wildman–Crippen MR) is 64.7 cm³/mol. The lowest BCUT2D eigenvalue weighted by atomic mass is 10.1. The summed E-state index contributed by atoms with van der Waals surface area (Å²) in [6, 6.07) is -0.0913. The molecule has 0 bridgehead atoms. The van der Waals surface area contributed by atoms with Crippen LogP contribution in [0.15, 0.2) is 0 Å². The average molecular weight is 263 g/mol. The minimum atomic E-state index is -4.16. The molecule has 0 saturated carbocycles. The van der Waals surface area contributed by atoms with E-state index in [2.05, 4.69) is 10.4 Å². The van der Waals surface area contributed by atoms with Gasteiger partial charge in [0, 0.05) is 12.2 Å². The van der Waals surface area contributed by atoms with Crippen LogP contribution in [0.25, 0.3) is 0 Å². The molecule has 1 heterocycles. The second-order valence-electron chi connectivity index (χ2n) is 4.54. The minimum absolute atomic E-state index is 0.0913. The topological polar surface area (TPSA) is 29.9 Å². The smallest absolute Gasteiger partial charge is 0.307 e. The quantitative estimate of drug-likeness (QED) is 0.885. The molecule has 1 rings (SSSR count). The number of nitrogens with zero attached hydrogens (tertiary/aromatic N) is 2. The summed E-state index contributed by atoms with van der Waals surface area (Å²) in [5.74, 6) is 0. The molecule has 0 aliphatic rings. The SMILES string of the molecule is CCc1c(C)nn(C(C)CNCC(F)(F)F)c1C. The normalized spacial score (nSPS) is 13.9. The van der Waals surface area contributed by atoms with Gasteiger partial charge in [-0.05, 0) is 32.8 Å². The number of aromatic nitrogens is 2. The number of rotatable bonds is 5. The van der Waals surface area contributed by atoms with Crippen molar-refractivity contribution in [3.05, 3.63) is 17.0 Å². The molecule has 0 radical (unpaired) electrons. The Balaban J connectivity index is 2.65. The zero-order valence-corrected chi connectivity index (χ0v) is 11.2. The lowest BCUT2D eigenvalue weighted by Crippen LogP contribution is -2.33. The van der Waals surface area contributed by atoms with Gasteiger partial charge in [0.05, 0.1) is 18.3 Å². The molecule has 1 unspecified atom stereocenters. The van der Waals surface area contributed by atoms with E-state index in [0.29, 0.717) is 0 Å². The first-order valence-electron chi connectivity index (χ1n) is 6.08. The molecular formula is C12H20F3N3. The summed E-state index contributed by atoms with van der Waals surface area (Å²) in [6.45, 7) is 7.09. The van der Waals surface area contributed by atoms with Gasteiger partial charge in [0.25, 0.3) is 0 Å². The van der Waals surface area contributed by atoms with Gasteiger partial charge in [-0.3, -0.25) is 4.68 Å². The van der Waals surface area contributed by atoms with Crippen LogP contribution in [0.5, 0.6) is 0 Å². The first-order valence-corrected chi connectivity index (χ1v) is 6.08. The summed E-state index contributed by atoms with van der Waals surface area (Å²) in [6.07, 6.45) is -3.27. The number of alkyl halides is 3. The Morgan fingerprint density at radius 1 is 1.33 bits per heavy atom. The fraction of sp³-hybridized carbons (Fsp3) is 0.750. The summed E-state index contributed by atoms with van der Waals surface area (Å²) in [5, 5.41) is 6.80. The van der Waals surface area contributed by atoms with E-state index in [0.717, 1.165) is 17.8 Å². The number of nitrogens with one attached hydrogen (secondary N) is 1. The van der Waals surface area contributed by atoms with Gasteiger partial charge in [0.15, 0.2) is 0 Å². The predicted octanol–water partition coefficient (Wildman–Crippen LogP) is 2.78. The molecule has 1 aromatic heterocycles. The summed E-state index contributed by atoms with van der Waals surface area (Å²) < 4.78 is 37.9. The van der Waals surface area contributed by atoms with E-state index in [1.54, 1.807) is 4.68 Å². The van der Waals surface area contributed by atoms with Gasteiger partial charge >= 0.3 is 6.18 Å². The van der Waals surface area contributed by atoms with Crippen LogP contribution in [0, 0.1) is 13.8 Å². The van der Waals surface area contributed by atoms with Crippen molar-refractivity contribution < 1.29 is 13.2 Å². The molecule has 1 aromatic rings. The molecular weight excluding hydrogens is 243 g/mol. The van der Waals surface area contributed by atoms with Gasteiger partial charge in [-0.2, -0.15) is 18.3 Å². The maximum atomic E-state index is 12.0. The van der Waals surface area contributed by atoms with Crippen molar-refractivity contribution in [1.29, 1.82) is 0 Å². The number of hydrogen-bond donors (Lipinski definition) is 1. The highest BCUT2D eigenvalue weighted by molar-refractivity contribution is 5.24. The summed E-state index contributed by atoms with van der Waals surface area (Å²) in [4.78, 5) is 0. The maximum absolute atomic E-state index is 12.0. The molecule has 0 aromatic carbocycles. The lowest BCUT2D eigenvalue weighted by Gasteiger charge is -2.16. The van der Waals surface area contributed by atoms with Gasteiger partial charge in [-0.15, -0.1) is 0 Å². The molecule has 0 amide bonds. The van der Waals surface area contributed by atoms with Crippen LogP contribution in [0.2, 0.25) is 0 Å². The van der Waals surface area contributed by atoms with E-state index in [-0.39, 0.29) is 12.6 Å². The van der Waals surface area contributed by atoms with Crippen LogP contribution in [0.1, 0.15) is 36.8 Å². The van der Waals surface area contributed by atoms with Crippen molar-refractivity contribution in [3.63, 3.8) is 0 Å². The van der Waals surface area contributed by atoms with E-state index in [1.807, 2.05) is 27.7 Å². The molecule has 0 saturated heterocycles. The summed E-state index contributed by atoms with van der Waals surface area (Å²) >= 11 is 0. The van der Waals surface area contributed by atoms with E-state index >= 15 is 0 Å². The van der Waals surface area contributed by atoms with Crippen LogP contribution in [-0.4, -0.2) is 29.0 Å². The zero-order chi connectivity index (χ0) is 13.9. The van der Waals surface area contributed by atoms with Gasteiger partial charge in [-0.25, -0.2) is 0 Å². The Morgan fingerprint density at radius 2 is 1.94 bits per heavy atom. The fourth-order valence-corrected chi connectivity index (χ4v) is 2.15. The molecule has 1 N–H and O–H groups in total. The van der Waals surface area contributed by atoms with Crippen LogP contribution >= 0.6 is 0 Å². The van der Waals surface area contributed by atoms with Crippen molar-refractivity contribution in [3.8, 4) is 0 Å². The van der Waals surface area contributed by atoms with E-state index in [9.17, 15) is 13.2 Å². The fourth-order valence-electron chi connectivity index (χ4n) is 2.15. The minimum Gasteiger partial charge on any atom is -0.307 e. The van der Waals surface area contributed by atoms with Crippen molar-refractivity contribution in [2.24, 2.45) is 0 Å². The first-order chi connectivity index (χ1) is 8.26. The molecule has 18 heavy (non-hydrogen) atoms. The van der Waals surface area contributed by atoms with Crippen molar-refractivity contribution in [2.45, 2.75) is 46.3 Å². The maximum Gasteiger partial charge on any atom is 0.401 e. The summed E-state index contributed by atoms with van der Waals surface area (Å²) in [7, 11) is 0. The molecule has 1 atom stereocenters. The van der Waals surface area contributed by atoms with Crippen molar-refractivity contribution in [1.82, 2.24) is 15.1 Å². The molecule has 0 spiro atoms. The van der Waals surface area contributed by atoms with Crippen LogP contribution < -0.4 is 5.32 Å². The van der Waals surface area contributed by atoms with E-state index < -0.39 is 12.7 Å². The first kappa shape index (κ1) is 15.0. The lowest BCUT2D eigenvalue weighted by molar-refractivity contribution is -0.125. The number of halogens is 3. The Labute approximate surface area is 105 Å². The highest BCUT2D eigenvalue weighted by Crippen LogP contribution is 2.18. The van der Waals surface area contributed by atoms with Crippen LogP contribution in [0.4, 0.5) is 13.2 Å². The zero-order valence-electron chi connectivity index (χ0n) is 11.2. The average Bonchev–Trinajstić information content (AvgIpc) is 2.52. The Kier molecular flexibility index (Phi) is 4.78. The van der Waals surface area contributed by atoms with E-state index in [1.165, 1.54) is 5.56 Å². The number of aryl methyl sites for hydroxylation is 1. The second kappa shape index (κ2) is 5.73. The third-order valence-corrected chi connectivity index (χ3v) is 3.01. The Hall–Kier alpha value is -1.04. The molecule has 0 fully saturated rings. The van der Waals surface area contributed by atoms with E-state index in [4.69, 9.17) is 0 Å². The van der Waals surface area contributed by atoms with Crippen molar-refractivity contribution >= 4 is 0 Å². The molecule has 0 aliphatic heterocycles. The van der Waals surface area contributed by atoms with Crippen LogP contribution in [-0.2, 0) is 6.42 Å². The molecule has 0 aliphatic carbocycles. The second-order valence-corrected chi connectivity index (χ2v) is 4.54. The number of hydrogen-bond acceptors (Lipinski definition) is 2. The summed E-state index contributed by atoms with van der Waals surface area (Å²) in [5.41, 5.74) is 3.17. The Morgan fingerprint density at radius 3 is 2.39 bits per heavy atom. The molecule has 104 valence electrons. The van der Waals surface area contributed by atoms with Gasteiger partial charge in [0.2, 0.25) is 0 Å². The van der Waals surface area contributed by atoms with Gasteiger partial charge in [0.1, 0.15) is 0 Å². The van der Waals surface area contributed by atoms with Gasteiger partial charge < -0.3 is 5.32 Å². The highest BCUT2D eigenvalue weighted by Gasteiger charge is 2.26.